The van der Waals surface area contributed by atoms with Crippen LogP contribution < -0.4 is 15.4 Å². The van der Waals surface area contributed by atoms with Crippen molar-refractivity contribution in [2.45, 2.75) is 24.8 Å². The van der Waals surface area contributed by atoms with Gasteiger partial charge in [0.05, 0.1) is 24.1 Å². The van der Waals surface area contributed by atoms with Crippen LogP contribution in [-0.4, -0.2) is 30.7 Å². The predicted molar refractivity (Wildman–Crippen MR) is 129 cm³/mol. The predicted octanol–water partition coefficient (Wildman–Crippen LogP) is 5.46. The first kappa shape index (κ1) is 21.8. The van der Waals surface area contributed by atoms with Gasteiger partial charge in [0.2, 0.25) is 5.91 Å². The lowest BCUT2D eigenvalue weighted by atomic mass is 10.1. The molecule has 0 saturated heterocycles. The minimum atomic E-state index is -0.286. The Balaban J connectivity index is 1.60. The molecule has 0 spiro atoms. The highest BCUT2D eigenvalue weighted by Crippen LogP contribution is 2.36. The minimum Gasteiger partial charge on any atom is -0.495 e. The van der Waals surface area contributed by atoms with Gasteiger partial charge >= 0.3 is 0 Å². The van der Waals surface area contributed by atoms with Crippen molar-refractivity contribution in [3.8, 4) is 5.75 Å². The normalized spacial score (nSPS) is 11.1. The highest BCUT2D eigenvalue weighted by molar-refractivity contribution is 8.00. The molecule has 7 heteroatoms. The molecule has 0 saturated carbocycles. The van der Waals surface area contributed by atoms with Crippen molar-refractivity contribution in [1.82, 2.24) is 5.32 Å². The van der Waals surface area contributed by atoms with Crippen LogP contribution in [0.4, 0.5) is 5.69 Å². The number of methoxy groups -OCH3 is 1. The second-order valence-corrected chi connectivity index (χ2v) is 8.63. The molecule has 0 aliphatic rings. The molecular formula is C25H24N2O4S. The third-order valence-corrected chi connectivity index (χ3v) is 5.96. The molecule has 0 radical (unpaired) electrons. The minimum absolute atomic E-state index is 0.0715. The van der Waals surface area contributed by atoms with Gasteiger partial charge in [0.1, 0.15) is 16.9 Å². The Hall–Kier alpha value is -3.45. The van der Waals surface area contributed by atoms with Crippen molar-refractivity contribution >= 4 is 51.2 Å². The zero-order valence-corrected chi connectivity index (χ0v) is 18.9. The fourth-order valence-electron chi connectivity index (χ4n) is 3.49. The third kappa shape index (κ3) is 4.57. The van der Waals surface area contributed by atoms with Gasteiger partial charge in [-0.15, -0.1) is 11.8 Å². The van der Waals surface area contributed by atoms with E-state index in [0.717, 1.165) is 21.3 Å². The van der Waals surface area contributed by atoms with Crippen LogP contribution in [0, 0.1) is 0 Å². The smallest absolute Gasteiger partial charge is 0.256 e. The Morgan fingerprint density at radius 2 is 1.75 bits per heavy atom. The van der Waals surface area contributed by atoms with E-state index in [1.54, 1.807) is 25.3 Å². The second-order valence-electron chi connectivity index (χ2n) is 7.61. The molecular weight excluding hydrogens is 424 g/mol. The molecule has 0 unspecified atom stereocenters. The quantitative estimate of drug-likeness (QED) is 0.367. The molecule has 0 aliphatic carbocycles. The van der Waals surface area contributed by atoms with Gasteiger partial charge in [-0.3, -0.25) is 9.59 Å². The first-order valence-electron chi connectivity index (χ1n) is 10.3. The van der Waals surface area contributed by atoms with Gasteiger partial charge in [-0.25, -0.2) is 0 Å². The number of anilines is 1. The van der Waals surface area contributed by atoms with Crippen LogP contribution in [0.15, 0.2) is 70.0 Å². The van der Waals surface area contributed by atoms with Crippen molar-refractivity contribution in [3.63, 3.8) is 0 Å². The van der Waals surface area contributed by atoms with Gasteiger partial charge in [0.15, 0.2) is 0 Å². The molecule has 2 N–H and O–H groups in total. The Morgan fingerprint density at radius 1 is 1.00 bits per heavy atom. The fourth-order valence-corrected chi connectivity index (χ4v) is 4.36. The Labute approximate surface area is 190 Å². The molecule has 0 aliphatic heterocycles. The lowest BCUT2D eigenvalue weighted by molar-refractivity contribution is -0.119. The zero-order chi connectivity index (χ0) is 22.7. The summed E-state index contributed by atoms with van der Waals surface area (Å²) in [6.07, 6.45) is 0. The Morgan fingerprint density at radius 3 is 2.53 bits per heavy atom. The van der Waals surface area contributed by atoms with E-state index in [9.17, 15) is 9.59 Å². The largest absolute Gasteiger partial charge is 0.495 e. The van der Waals surface area contributed by atoms with Crippen molar-refractivity contribution in [1.29, 1.82) is 0 Å². The van der Waals surface area contributed by atoms with Crippen molar-refractivity contribution in [3.05, 3.63) is 66.2 Å². The summed E-state index contributed by atoms with van der Waals surface area (Å²) >= 11 is 1.33. The van der Waals surface area contributed by atoms with E-state index < -0.39 is 0 Å². The second kappa shape index (κ2) is 9.36. The number of furan rings is 1. The molecule has 0 fully saturated rings. The number of carbonyl (C=O) groups excluding carboxylic acids is 2. The summed E-state index contributed by atoms with van der Waals surface area (Å²) in [4.78, 5) is 25.9. The maximum absolute atomic E-state index is 13.1. The number of ether oxygens (including phenoxy) is 1. The van der Waals surface area contributed by atoms with Crippen LogP contribution in [0.5, 0.6) is 5.75 Å². The number of hydrogen-bond donors (Lipinski definition) is 2. The van der Waals surface area contributed by atoms with Crippen LogP contribution in [0.1, 0.15) is 24.2 Å². The number of nitrogens with one attached hydrogen (secondary N) is 2. The monoisotopic (exact) mass is 448 g/mol. The van der Waals surface area contributed by atoms with E-state index in [0.29, 0.717) is 22.6 Å². The average molecular weight is 449 g/mol. The van der Waals surface area contributed by atoms with Gasteiger partial charge in [-0.05, 0) is 38.1 Å². The molecule has 1 heterocycles. The van der Waals surface area contributed by atoms with E-state index in [2.05, 4.69) is 10.6 Å². The van der Waals surface area contributed by atoms with Gasteiger partial charge in [-0.2, -0.15) is 0 Å². The average Bonchev–Trinajstić information content (AvgIpc) is 3.14. The molecule has 32 heavy (non-hydrogen) atoms. The number of benzene rings is 3. The number of rotatable bonds is 7. The number of para-hydroxylation sites is 1. The third-order valence-electron chi connectivity index (χ3n) is 4.89. The van der Waals surface area contributed by atoms with E-state index in [4.69, 9.17) is 9.15 Å². The highest BCUT2D eigenvalue weighted by Gasteiger charge is 2.17. The lowest BCUT2D eigenvalue weighted by Gasteiger charge is -2.13. The van der Waals surface area contributed by atoms with E-state index in [-0.39, 0.29) is 23.6 Å². The number of thioether (sulfide) groups is 1. The summed E-state index contributed by atoms with van der Waals surface area (Å²) in [6.45, 7) is 3.83. The van der Waals surface area contributed by atoms with E-state index in [1.807, 2.05) is 56.3 Å². The van der Waals surface area contributed by atoms with Crippen LogP contribution >= 0.6 is 11.8 Å². The highest BCUT2D eigenvalue weighted by atomic mass is 32.2. The molecule has 164 valence electrons. The van der Waals surface area contributed by atoms with Gasteiger partial charge in [0.25, 0.3) is 5.91 Å². The SMILES string of the molecule is COc1cc2c(cc1NC(=O)c1ccccc1SCC(=O)NC(C)C)oc1ccccc12. The number of hydrogen-bond acceptors (Lipinski definition) is 5. The molecule has 0 bridgehead atoms. The van der Waals surface area contributed by atoms with Crippen LogP contribution in [0.3, 0.4) is 0 Å². The molecule has 1 aromatic heterocycles. The molecule has 2 amide bonds. The summed E-state index contributed by atoms with van der Waals surface area (Å²) in [5.74, 6) is 0.415. The number of fused-ring (bicyclic) bond motifs is 3. The van der Waals surface area contributed by atoms with Gasteiger partial charge in [0, 0.05) is 27.8 Å². The van der Waals surface area contributed by atoms with Crippen LogP contribution in [-0.2, 0) is 4.79 Å². The Bertz CT molecular complexity index is 1300. The van der Waals surface area contributed by atoms with E-state index in [1.165, 1.54) is 11.8 Å². The van der Waals surface area contributed by atoms with Gasteiger partial charge in [-0.1, -0.05) is 30.3 Å². The van der Waals surface area contributed by atoms with Crippen LogP contribution in [0.25, 0.3) is 21.9 Å². The van der Waals surface area contributed by atoms with Crippen LogP contribution in [0.2, 0.25) is 0 Å². The maximum Gasteiger partial charge on any atom is 0.256 e. The molecule has 6 nitrogen and oxygen atoms in total. The van der Waals surface area contributed by atoms with Crippen molar-refractivity contribution in [2.24, 2.45) is 0 Å². The number of carbonyl (C=O) groups is 2. The lowest BCUT2D eigenvalue weighted by Crippen LogP contribution is -2.31. The first-order valence-corrected chi connectivity index (χ1v) is 11.3. The van der Waals surface area contributed by atoms with Crippen molar-refractivity contribution < 1.29 is 18.7 Å². The van der Waals surface area contributed by atoms with E-state index >= 15 is 0 Å². The summed E-state index contributed by atoms with van der Waals surface area (Å²) in [5.41, 5.74) is 2.44. The molecule has 0 atom stereocenters. The fraction of sp³-hybridized carbons (Fsp3) is 0.200. The summed E-state index contributed by atoms with van der Waals surface area (Å²) in [5, 5.41) is 7.70. The first-order chi connectivity index (χ1) is 15.5. The Kier molecular flexibility index (Phi) is 6.37. The van der Waals surface area contributed by atoms with Crippen molar-refractivity contribution in [2.75, 3.05) is 18.2 Å². The molecule has 4 aromatic rings. The molecule has 3 aromatic carbocycles. The van der Waals surface area contributed by atoms with Gasteiger partial charge < -0.3 is 19.8 Å². The maximum atomic E-state index is 13.1. The standard InChI is InChI=1S/C25H24N2O4S/c1-15(2)26-24(28)14-32-23-11-7-5-9-17(23)25(29)27-19-13-21-18(12-22(19)30-3)16-8-4-6-10-20(16)31-21/h4-13,15H,14H2,1-3H3,(H,26,28)(H,27,29). The summed E-state index contributed by atoms with van der Waals surface area (Å²) in [6, 6.07) is 18.7. The summed E-state index contributed by atoms with van der Waals surface area (Å²) in [7, 11) is 1.57. The topological polar surface area (TPSA) is 80.6 Å². The molecule has 4 rings (SSSR count). The summed E-state index contributed by atoms with van der Waals surface area (Å²) < 4.78 is 11.5. The zero-order valence-electron chi connectivity index (χ0n) is 18.1. The number of amides is 2.